The number of benzene rings is 1. The van der Waals surface area contributed by atoms with Crippen LogP contribution in [0.4, 0.5) is 11.5 Å². The summed E-state index contributed by atoms with van der Waals surface area (Å²) in [7, 11) is 0. The van der Waals surface area contributed by atoms with E-state index in [-0.39, 0.29) is 18.0 Å². The van der Waals surface area contributed by atoms with E-state index >= 15 is 0 Å². The first-order valence-electron chi connectivity index (χ1n) is 5.69. The highest BCUT2D eigenvalue weighted by Crippen LogP contribution is 2.14. The Kier molecular flexibility index (Phi) is 4.41. The number of rotatable bonds is 4. The molecule has 102 valence electrons. The molecule has 2 aromatic rings. The number of hydrogen-bond donors (Lipinski definition) is 1. The lowest BCUT2D eigenvalue weighted by atomic mass is 10.1. The number of pyridine rings is 1. The van der Waals surface area contributed by atoms with E-state index < -0.39 is 4.92 Å². The highest BCUT2D eigenvalue weighted by molar-refractivity contribution is 9.10. The Hall–Kier alpha value is -2.28. The number of nitrogens with one attached hydrogen (secondary N) is 1. The van der Waals surface area contributed by atoms with Crippen molar-refractivity contribution in [3.8, 4) is 0 Å². The summed E-state index contributed by atoms with van der Waals surface area (Å²) in [4.78, 5) is 25.9. The van der Waals surface area contributed by atoms with Gasteiger partial charge in [-0.15, -0.1) is 0 Å². The van der Waals surface area contributed by atoms with Gasteiger partial charge in [-0.3, -0.25) is 14.9 Å². The third-order valence-corrected chi connectivity index (χ3v) is 2.99. The van der Waals surface area contributed by atoms with Crippen LogP contribution in [0.25, 0.3) is 0 Å². The molecule has 0 unspecified atom stereocenters. The molecule has 7 heteroatoms. The van der Waals surface area contributed by atoms with Gasteiger partial charge in [0.05, 0.1) is 11.3 Å². The van der Waals surface area contributed by atoms with Crippen LogP contribution >= 0.6 is 15.9 Å². The highest BCUT2D eigenvalue weighted by Gasteiger charge is 2.08. The van der Waals surface area contributed by atoms with E-state index in [0.29, 0.717) is 11.4 Å². The number of nitro benzene ring substituents is 1. The molecule has 0 fully saturated rings. The Morgan fingerprint density at radius 3 is 2.60 bits per heavy atom. The Morgan fingerprint density at radius 1 is 1.30 bits per heavy atom. The van der Waals surface area contributed by atoms with Crippen molar-refractivity contribution >= 4 is 33.3 Å². The van der Waals surface area contributed by atoms with Crippen LogP contribution in [0.15, 0.2) is 47.1 Å². The molecule has 0 aliphatic carbocycles. The topological polar surface area (TPSA) is 85.1 Å². The minimum atomic E-state index is -0.477. The average Bonchev–Trinajstić information content (AvgIpc) is 2.39. The first-order valence-corrected chi connectivity index (χ1v) is 6.48. The molecule has 0 radical (unpaired) electrons. The lowest BCUT2D eigenvalue weighted by Gasteiger charge is -2.04. The van der Waals surface area contributed by atoms with E-state index in [1.807, 2.05) is 0 Å². The second-order valence-corrected chi connectivity index (χ2v) is 4.92. The molecular formula is C13H10BrN3O3. The largest absolute Gasteiger partial charge is 0.310 e. The zero-order valence-corrected chi connectivity index (χ0v) is 11.8. The first kappa shape index (κ1) is 14.1. The quantitative estimate of drug-likeness (QED) is 0.687. The van der Waals surface area contributed by atoms with Gasteiger partial charge in [0.15, 0.2) is 0 Å². The average molecular weight is 336 g/mol. The normalized spacial score (nSPS) is 10.1. The van der Waals surface area contributed by atoms with Crippen molar-refractivity contribution in [2.45, 2.75) is 6.42 Å². The van der Waals surface area contributed by atoms with E-state index in [1.165, 1.54) is 12.1 Å². The van der Waals surface area contributed by atoms with Crippen LogP contribution in [0.2, 0.25) is 0 Å². The van der Waals surface area contributed by atoms with Gasteiger partial charge >= 0.3 is 0 Å². The van der Waals surface area contributed by atoms with E-state index in [4.69, 9.17) is 0 Å². The number of hydrogen-bond acceptors (Lipinski definition) is 4. The molecule has 0 atom stereocenters. The maximum Gasteiger partial charge on any atom is 0.269 e. The molecule has 20 heavy (non-hydrogen) atoms. The smallest absolute Gasteiger partial charge is 0.269 e. The molecule has 1 amide bonds. The third kappa shape index (κ3) is 3.86. The Morgan fingerprint density at radius 2 is 2.00 bits per heavy atom. The zero-order chi connectivity index (χ0) is 14.5. The molecule has 0 spiro atoms. The van der Waals surface area contributed by atoms with Gasteiger partial charge in [-0.2, -0.15) is 0 Å². The fourth-order valence-electron chi connectivity index (χ4n) is 1.58. The van der Waals surface area contributed by atoms with Crippen LogP contribution in [0.1, 0.15) is 5.56 Å². The van der Waals surface area contributed by atoms with Crippen LogP contribution in [-0.4, -0.2) is 15.8 Å². The van der Waals surface area contributed by atoms with Crippen LogP contribution < -0.4 is 5.32 Å². The van der Waals surface area contributed by atoms with Gasteiger partial charge in [-0.1, -0.05) is 28.1 Å². The molecular weight excluding hydrogens is 326 g/mol. The van der Waals surface area contributed by atoms with Gasteiger partial charge < -0.3 is 5.32 Å². The third-order valence-electron chi connectivity index (χ3n) is 2.50. The molecule has 2 rings (SSSR count). The number of nitro groups is 1. The van der Waals surface area contributed by atoms with E-state index in [0.717, 1.165) is 4.47 Å². The number of amides is 1. The molecule has 6 nitrogen and oxygen atoms in total. The fraction of sp³-hybridized carbons (Fsp3) is 0.0769. The zero-order valence-electron chi connectivity index (χ0n) is 10.2. The number of aromatic nitrogens is 1. The van der Waals surface area contributed by atoms with Gasteiger partial charge in [0.25, 0.3) is 5.69 Å². The maximum absolute atomic E-state index is 11.8. The number of halogens is 1. The predicted molar refractivity (Wildman–Crippen MR) is 77.4 cm³/mol. The van der Waals surface area contributed by atoms with E-state index in [1.54, 1.807) is 30.5 Å². The lowest BCUT2D eigenvalue weighted by molar-refractivity contribution is -0.384. The lowest BCUT2D eigenvalue weighted by Crippen LogP contribution is -2.15. The molecule has 0 saturated heterocycles. The summed E-state index contributed by atoms with van der Waals surface area (Å²) in [6.07, 6.45) is 1.71. The van der Waals surface area contributed by atoms with Crippen LogP contribution in [0, 0.1) is 10.1 Å². The molecule has 1 heterocycles. The Bertz CT molecular complexity index is 644. The summed E-state index contributed by atoms with van der Waals surface area (Å²) >= 11 is 3.29. The van der Waals surface area contributed by atoms with Crippen molar-refractivity contribution in [2.75, 3.05) is 5.32 Å². The summed E-state index contributed by atoms with van der Waals surface area (Å²) in [6.45, 7) is 0. The molecule has 0 bridgehead atoms. The van der Waals surface area contributed by atoms with Gasteiger partial charge in [-0.25, -0.2) is 4.98 Å². The second kappa shape index (κ2) is 6.25. The van der Waals surface area contributed by atoms with Gasteiger partial charge in [0.2, 0.25) is 5.91 Å². The summed E-state index contributed by atoms with van der Waals surface area (Å²) in [5, 5.41) is 13.2. The number of carbonyl (C=O) groups is 1. The van der Waals surface area contributed by atoms with Crippen molar-refractivity contribution in [3.63, 3.8) is 0 Å². The minimum absolute atomic E-state index is 0.00261. The van der Waals surface area contributed by atoms with Crippen LogP contribution in [-0.2, 0) is 11.2 Å². The molecule has 1 aromatic carbocycles. The van der Waals surface area contributed by atoms with Gasteiger partial charge in [0, 0.05) is 22.8 Å². The van der Waals surface area contributed by atoms with Gasteiger partial charge in [-0.05, 0) is 17.7 Å². The van der Waals surface area contributed by atoms with Crippen LogP contribution in [0.5, 0.6) is 0 Å². The molecule has 0 saturated carbocycles. The van der Waals surface area contributed by atoms with E-state index in [9.17, 15) is 14.9 Å². The first-order chi connectivity index (χ1) is 9.54. The van der Waals surface area contributed by atoms with Crippen molar-refractivity contribution < 1.29 is 9.72 Å². The van der Waals surface area contributed by atoms with Crippen molar-refractivity contribution in [2.24, 2.45) is 0 Å². The summed E-state index contributed by atoms with van der Waals surface area (Å²) in [6, 6.07) is 9.32. The van der Waals surface area contributed by atoms with E-state index in [2.05, 4.69) is 26.2 Å². The Labute approximate surface area is 123 Å². The summed E-state index contributed by atoms with van der Waals surface area (Å²) < 4.78 is 0.818. The maximum atomic E-state index is 11.8. The Balaban J connectivity index is 1.99. The predicted octanol–water partition coefficient (Wildman–Crippen LogP) is 2.93. The molecule has 0 aliphatic heterocycles. The molecule has 0 aliphatic rings. The van der Waals surface area contributed by atoms with Crippen molar-refractivity contribution in [3.05, 3.63) is 62.7 Å². The van der Waals surface area contributed by atoms with Crippen molar-refractivity contribution in [1.29, 1.82) is 0 Å². The summed E-state index contributed by atoms with van der Waals surface area (Å²) in [5.74, 6) is 0.218. The summed E-state index contributed by atoms with van der Waals surface area (Å²) in [5.41, 5.74) is 0.700. The monoisotopic (exact) mass is 335 g/mol. The number of anilines is 1. The fourth-order valence-corrected chi connectivity index (χ4v) is 1.92. The highest BCUT2D eigenvalue weighted by atomic mass is 79.9. The van der Waals surface area contributed by atoms with Crippen molar-refractivity contribution in [1.82, 2.24) is 4.98 Å². The molecule has 1 aromatic heterocycles. The van der Waals surface area contributed by atoms with Crippen LogP contribution in [0.3, 0.4) is 0 Å². The second-order valence-electron chi connectivity index (χ2n) is 4.01. The number of non-ortho nitro benzene ring substituents is 1. The SMILES string of the molecule is O=C(Cc1ccc([N+](=O)[O-])cc1)Nc1cc(Br)ccn1. The molecule has 1 N–H and O–H groups in total. The number of nitrogens with zero attached hydrogens (tertiary/aromatic N) is 2. The minimum Gasteiger partial charge on any atom is -0.310 e. The number of carbonyl (C=O) groups excluding carboxylic acids is 1. The van der Waals surface area contributed by atoms with Gasteiger partial charge in [0.1, 0.15) is 5.82 Å². The standard InChI is InChI=1S/C13H10BrN3O3/c14-10-5-6-15-12(8-10)16-13(18)7-9-1-3-11(4-2-9)17(19)20/h1-6,8H,7H2,(H,15,16,18).